The summed E-state index contributed by atoms with van der Waals surface area (Å²) in [7, 11) is 2.78. The molecule has 0 bridgehead atoms. The molecule has 0 heterocycles. The van der Waals surface area contributed by atoms with Crippen LogP contribution in [0.1, 0.15) is 35.7 Å². The third-order valence-electron chi connectivity index (χ3n) is 4.20. The fourth-order valence-corrected chi connectivity index (χ4v) is 2.77. The standard InChI is InChI=1S/C17H20F2O5/c1-4-5-6-24-16(21)17(15(18)19)9-10-7-12(22-2)13(23-3)8-11(10)14(17)20/h7-8,15H,4-6,9H2,1-3H3. The van der Waals surface area contributed by atoms with Crippen LogP contribution in [0.3, 0.4) is 0 Å². The molecule has 1 aromatic rings. The van der Waals surface area contributed by atoms with Crippen molar-refractivity contribution in [1.82, 2.24) is 0 Å². The zero-order valence-electron chi connectivity index (χ0n) is 13.9. The Morgan fingerprint density at radius 3 is 2.42 bits per heavy atom. The minimum atomic E-state index is -3.16. The summed E-state index contributed by atoms with van der Waals surface area (Å²) in [5.41, 5.74) is -2.13. The number of hydrogen-bond acceptors (Lipinski definition) is 5. The Hall–Kier alpha value is -2.18. The number of benzene rings is 1. The molecule has 1 aliphatic rings. The van der Waals surface area contributed by atoms with Crippen LogP contribution in [0.5, 0.6) is 11.5 Å². The van der Waals surface area contributed by atoms with Crippen LogP contribution in [0, 0.1) is 5.41 Å². The molecule has 1 atom stereocenters. The normalized spacial score (nSPS) is 19.3. The number of rotatable bonds is 7. The Balaban J connectivity index is 2.42. The van der Waals surface area contributed by atoms with E-state index in [0.29, 0.717) is 17.7 Å². The molecule has 24 heavy (non-hydrogen) atoms. The summed E-state index contributed by atoms with van der Waals surface area (Å²) in [6.07, 6.45) is -2.28. The molecule has 1 aromatic carbocycles. The molecule has 0 fully saturated rings. The van der Waals surface area contributed by atoms with Gasteiger partial charge in [0.15, 0.2) is 22.7 Å². The van der Waals surface area contributed by atoms with Gasteiger partial charge in [0.1, 0.15) is 0 Å². The van der Waals surface area contributed by atoms with Crippen molar-refractivity contribution in [1.29, 1.82) is 0 Å². The van der Waals surface area contributed by atoms with Gasteiger partial charge in [-0.15, -0.1) is 0 Å². The lowest BCUT2D eigenvalue weighted by atomic mass is 9.84. The maximum Gasteiger partial charge on any atom is 0.326 e. The monoisotopic (exact) mass is 342 g/mol. The van der Waals surface area contributed by atoms with E-state index in [1.807, 2.05) is 6.92 Å². The number of ketones is 1. The minimum Gasteiger partial charge on any atom is -0.493 e. The van der Waals surface area contributed by atoms with Gasteiger partial charge in [-0.25, -0.2) is 8.78 Å². The van der Waals surface area contributed by atoms with E-state index in [2.05, 4.69) is 0 Å². The number of hydrogen-bond donors (Lipinski definition) is 0. The molecule has 0 saturated carbocycles. The van der Waals surface area contributed by atoms with Crippen molar-refractivity contribution in [2.24, 2.45) is 5.41 Å². The highest BCUT2D eigenvalue weighted by atomic mass is 19.3. The Kier molecular flexibility index (Phi) is 5.41. The highest BCUT2D eigenvalue weighted by molar-refractivity contribution is 6.16. The van der Waals surface area contributed by atoms with Gasteiger partial charge in [-0.1, -0.05) is 13.3 Å². The SMILES string of the molecule is CCCCOC(=O)C1(C(F)F)Cc2cc(OC)c(OC)cc2C1=O. The van der Waals surface area contributed by atoms with Crippen LogP contribution in [0.25, 0.3) is 0 Å². The zero-order valence-corrected chi connectivity index (χ0v) is 13.9. The van der Waals surface area contributed by atoms with Gasteiger partial charge in [0.25, 0.3) is 6.43 Å². The van der Waals surface area contributed by atoms with Crippen molar-refractivity contribution in [3.63, 3.8) is 0 Å². The Morgan fingerprint density at radius 2 is 1.88 bits per heavy atom. The molecule has 5 nitrogen and oxygen atoms in total. The fourth-order valence-electron chi connectivity index (χ4n) is 2.77. The van der Waals surface area contributed by atoms with E-state index in [9.17, 15) is 18.4 Å². The summed E-state index contributed by atoms with van der Waals surface area (Å²) in [5.74, 6) is -1.55. The molecule has 1 aliphatic carbocycles. The van der Waals surface area contributed by atoms with E-state index in [0.717, 1.165) is 6.42 Å². The van der Waals surface area contributed by atoms with E-state index < -0.39 is 30.0 Å². The topological polar surface area (TPSA) is 61.8 Å². The number of unbranched alkanes of at least 4 members (excludes halogenated alkanes) is 1. The number of halogens is 2. The molecular formula is C17H20F2O5. The summed E-state index contributed by atoms with van der Waals surface area (Å²) in [4.78, 5) is 24.9. The van der Waals surface area contributed by atoms with Gasteiger partial charge in [0, 0.05) is 12.0 Å². The van der Waals surface area contributed by atoms with Crippen molar-refractivity contribution in [3.8, 4) is 11.5 Å². The Bertz CT molecular complexity index is 644. The summed E-state index contributed by atoms with van der Waals surface area (Å²) in [6.45, 7) is 1.89. The molecular weight excluding hydrogens is 322 g/mol. The first-order valence-electron chi connectivity index (χ1n) is 7.67. The van der Waals surface area contributed by atoms with Gasteiger partial charge in [-0.05, 0) is 24.1 Å². The van der Waals surface area contributed by atoms with Gasteiger partial charge in [-0.2, -0.15) is 0 Å². The second-order valence-electron chi connectivity index (χ2n) is 5.63. The number of carbonyl (C=O) groups is 2. The molecule has 0 aromatic heterocycles. The van der Waals surface area contributed by atoms with E-state index in [-0.39, 0.29) is 17.9 Å². The Labute approximate surface area is 138 Å². The number of ether oxygens (including phenoxy) is 3. The lowest BCUT2D eigenvalue weighted by Gasteiger charge is -2.24. The van der Waals surface area contributed by atoms with Crippen molar-refractivity contribution in [3.05, 3.63) is 23.3 Å². The fraction of sp³-hybridized carbons (Fsp3) is 0.529. The maximum absolute atomic E-state index is 13.8. The Morgan fingerprint density at radius 1 is 1.25 bits per heavy atom. The number of Topliss-reactive ketones (excluding diaryl/α,β-unsaturated/α-hetero) is 1. The maximum atomic E-state index is 13.8. The molecule has 0 spiro atoms. The van der Waals surface area contributed by atoms with Crippen LogP contribution in [-0.4, -0.2) is 39.0 Å². The van der Waals surface area contributed by atoms with Gasteiger partial charge < -0.3 is 14.2 Å². The van der Waals surface area contributed by atoms with Gasteiger partial charge in [0.2, 0.25) is 0 Å². The lowest BCUT2D eigenvalue weighted by molar-refractivity contribution is -0.160. The van der Waals surface area contributed by atoms with Gasteiger partial charge >= 0.3 is 5.97 Å². The predicted molar refractivity (Wildman–Crippen MR) is 81.9 cm³/mol. The first-order valence-corrected chi connectivity index (χ1v) is 7.67. The summed E-state index contributed by atoms with van der Waals surface area (Å²) >= 11 is 0. The average Bonchev–Trinajstić information content (AvgIpc) is 2.87. The average molecular weight is 342 g/mol. The molecule has 0 saturated heterocycles. The van der Waals surface area contributed by atoms with E-state index in [1.165, 1.54) is 26.4 Å². The number of esters is 1. The summed E-state index contributed by atoms with van der Waals surface area (Å²) in [5, 5.41) is 0. The second-order valence-corrected chi connectivity index (χ2v) is 5.63. The molecule has 7 heteroatoms. The number of alkyl halides is 2. The highest BCUT2D eigenvalue weighted by Gasteiger charge is 2.59. The van der Waals surface area contributed by atoms with Crippen molar-refractivity contribution < 1.29 is 32.6 Å². The molecule has 0 radical (unpaired) electrons. The van der Waals surface area contributed by atoms with Crippen molar-refractivity contribution >= 4 is 11.8 Å². The van der Waals surface area contributed by atoms with Crippen molar-refractivity contribution in [2.75, 3.05) is 20.8 Å². The van der Waals surface area contributed by atoms with Crippen LogP contribution < -0.4 is 9.47 Å². The van der Waals surface area contributed by atoms with Gasteiger partial charge in [-0.3, -0.25) is 9.59 Å². The minimum absolute atomic E-state index is 0.0140. The van der Waals surface area contributed by atoms with Crippen molar-refractivity contribution in [2.45, 2.75) is 32.6 Å². The predicted octanol–water partition coefficient (Wildman–Crippen LogP) is 3.04. The lowest BCUT2D eigenvalue weighted by Crippen LogP contribution is -2.45. The molecule has 0 aliphatic heterocycles. The first-order chi connectivity index (χ1) is 11.4. The van der Waals surface area contributed by atoms with Crippen LogP contribution in [0.15, 0.2) is 12.1 Å². The smallest absolute Gasteiger partial charge is 0.326 e. The highest BCUT2D eigenvalue weighted by Crippen LogP contribution is 2.46. The molecule has 1 unspecified atom stereocenters. The second kappa shape index (κ2) is 7.15. The third kappa shape index (κ3) is 2.83. The van der Waals surface area contributed by atoms with Crippen LogP contribution >= 0.6 is 0 Å². The van der Waals surface area contributed by atoms with E-state index >= 15 is 0 Å². The largest absolute Gasteiger partial charge is 0.493 e. The third-order valence-corrected chi connectivity index (χ3v) is 4.20. The number of carbonyl (C=O) groups excluding carboxylic acids is 2. The molecule has 132 valence electrons. The quantitative estimate of drug-likeness (QED) is 0.433. The molecule has 2 rings (SSSR count). The van der Waals surface area contributed by atoms with Crippen LogP contribution in [0.2, 0.25) is 0 Å². The zero-order chi connectivity index (χ0) is 17.9. The number of fused-ring (bicyclic) bond motifs is 1. The summed E-state index contributed by atoms with van der Waals surface area (Å²) < 4.78 is 42.7. The van der Waals surface area contributed by atoms with E-state index in [1.54, 1.807) is 0 Å². The summed E-state index contributed by atoms with van der Waals surface area (Å²) in [6, 6.07) is 2.79. The number of methoxy groups -OCH3 is 2. The van der Waals surface area contributed by atoms with Crippen LogP contribution in [-0.2, 0) is 16.0 Å². The first kappa shape index (κ1) is 18.2. The molecule has 0 N–H and O–H groups in total. The van der Waals surface area contributed by atoms with Gasteiger partial charge in [0.05, 0.1) is 20.8 Å². The van der Waals surface area contributed by atoms with Crippen LogP contribution in [0.4, 0.5) is 8.78 Å². The van der Waals surface area contributed by atoms with E-state index in [4.69, 9.17) is 14.2 Å². The molecule has 0 amide bonds.